The number of aryl methyl sites for hydroxylation is 1. The van der Waals surface area contributed by atoms with Crippen LogP contribution >= 0.6 is 0 Å². The summed E-state index contributed by atoms with van der Waals surface area (Å²) >= 11 is 0. The van der Waals surface area contributed by atoms with Gasteiger partial charge in [-0.2, -0.15) is 5.10 Å². The van der Waals surface area contributed by atoms with Crippen molar-refractivity contribution in [2.45, 2.75) is 78.2 Å². The summed E-state index contributed by atoms with van der Waals surface area (Å²) in [4.78, 5) is 33.3. The predicted octanol–water partition coefficient (Wildman–Crippen LogP) is 5.42. The first kappa shape index (κ1) is 31.6. The number of halogens is 1. The molecule has 0 spiro atoms. The van der Waals surface area contributed by atoms with E-state index in [4.69, 9.17) is 9.47 Å². The highest BCUT2D eigenvalue weighted by Gasteiger charge is 2.35. The molecule has 0 bridgehead atoms. The zero-order chi connectivity index (χ0) is 32.7. The van der Waals surface area contributed by atoms with Crippen molar-refractivity contribution in [3.8, 4) is 17.0 Å². The molecule has 4 heterocycles. The van der Waals surface area contributed by atoms with Crippen LogP contribution in [0.2, 0.25) is 0 Å². The van der Waals surface area contributed by atoms with Crippen LogP contribution in [0.15, 0.2) is 42.5 Å². The lowest BCUT2D eigenvalue weighted by atomic mass is 9.91. The lowest BCUT2D eigenvalue weighted by Gasteiger charge is -2.28. The highest BCUT2D eigenvalue weighted by Crippen LogP contribution is 2.41. The van der Waals surface area contributed by atoms with Gasteiger partial charge in [-0.15, -0.1) is 0 Å². The van der Waals surface area contributed by atoms with Crippen molar-refractivity contribution in [3.63, 3.8) is 0 Å². The molecule has 1 unspecified atom stereocenters. The number of likely N-dealkylation sites (tertiary alicyclic amines) is 1. The van der Waals surface area contributed by atoms with Gasteiger partial charge in [0.1, 0.15) is 0 Å². The first-order chi connectivity index (χ1) is 21.9. The smallest absolute Gasteiger partial charge is 0.337 e. The molecule has 0 radical (unpaired) electrons. The Morgan fingerprint density at radius 1 is 1.20 bits per heavy atom. The summed E-state index contributed by atoms with van der Waals surface area (Å²) in [6.07, 6.45) is 0.719. The van der Waals surface area contributed by atoms with Crippen molar-refractivity contribution >= 4 is 17.5 Å². The van der Waals surface area contributed by atoms with Crippen LogP contribution in [0.3, 0.4) is 0 Å². The Morgan fingerprint density at radius 2 is 1.96 bits per heavy atom. The molecule has 4 aromatic rings. The summed E-state index contributed by atoms with van der Waals surface area (Å²) in [5.74, 6) is -1.90. The summed E-state index contributed by atoms with van der Waals surface area (Å²) in [7, 11) is 0. The Hall–Kier alpha value is -4.35. The van der Waals surface area contributed by atoms with Gasteiger partial charge in [-0.25, -0.2) is 18.7 Å². The minimum Gasteiger partial charge on any atom is -0.490 e. The number of nitrogens with one attached hydrogen (secondary N) is 1. The number of ether oxygens (including phenoxy) is 2. The number of aliphatic carboxylic acids is 1. The fraction of sp³-hybridized carbons (Fsp3) is 0.429. The molecule has 0 saturated carbocycles. The Balaban J connectivity index is 1.41. The lowest BCUT2D eigenvalue weighted by Crippen LogP contribution is -2.37. The fourth-order valence-electron chi connectivity index (χ4n) is 6.50. The van der Waals surface area contributed by atoms with E-state index < -0.39 is 23.5 Å². The van der Waals surface area contributed by atoms with E-state index in [2.05, 4.69) is 32.4 Å². The van der Waals surface area contributed by atoms with Crippen molar-refractivity contribution in [2.24, 2.45) is 0 Å². The van der Waals surface area contributed by atoms with Crippen LogP contribution in [0.25, 0.3) is 16.9 Å². The summed E-state index contributed by atoms with van der Waals surface area (Å²) in [6.45, 7) is 11.7. The predicted molar refractivity (Wildman–Crippen MR) is 170 cm³/mol. The first-order valence-electron chi connectivity index (χ1n) is 15.7. The maximum Gasteiger partial charge on any atom is 0.337 e. The summed E-state index contributed by atoms with van der Waals surface area (Å²) in [5.41, 5.74) is 3.73. The third-order valence-electron chi connectivity index (χ3n) is 8.57. The quantitative estimate of drug-likeness (QED) is 0.265. The van der Waals surface area contributed by atoms with Gasteiger partial charge in [0.05, 0.1) is 17.9 Å². The van der Waals surface area contributed by atoms with Crippen molar-refractivity contribution in [1.29, 1.82) is 0 Å². The largest absolute Gasteiger partial charge is 0.490 e. The molecule has 242 valence electrons. The number of hydrogen-bond donors (Lipinski definition) is 2. The van der Waals surface area contributed by atoms with E-state index in [0.29, 0.717) is 42.2 Å². The normalized spacial score (nSPS) is 17.5. The van der Waals surface area contributed by atoms with Gasteiger partial charge in [-0.3, -0.25) is 9.69 Å². The van der Waals surface area contributed by atoms with E-state index in [0.717, 1.165) is 37.1 Å². The highest BCUT2D eigenvalue weighted by molar-refractivity contribution is 5.94. The fourth-order valence-corrected chi connectivity index (χ4v) is 6.50. The summed E-state index contributed by atoms with van der Waals surface area (Å²) in [5, 5.41) is 18.2. The van der Waals surface area contributed by atoms with Gasteiger partial charge in [0.25, 0.3) is 5.91 Å². The minimum atomic E-state index is -1.43. The van der Waals surface area contributed by atoms with E-state index in [1.54, 1.807) is 33.8 Å². The molecular formula is C35H40FN5O5. The highest BCUT2D eigenvalue weighted by atomic mass is 19.1. The number of carbonyl (C=O) groups is 2. The van der Waals surface area contributed by atoms with Crippen LogP contribution in [0.4, 0.5) is 4.39 Å². The zero-order valence-corrected chi connectivity index (χ0v) is 26.9. The number of aromatic nitrogens is 3. The summed E-state index contributed by atoms with van der Waals surface area (Å²) < 4.78 is 28.8. The van der Waals surface area contributed by atoms with Gasteiger partial charge >= 0.3 is 5.97 Å². The maximum atomic E-state index is 15.6. The zero-order valence-electron chi connectivity index (χ0n) is 26.9. The number of nitrogens with zero attached hydrogens (tertiary/aromatic N) is 4. The molecule has 1 fully saturated rings. The van der Waals surface area contributed by atoms with E-state index in [1.165, 1.54) is 16.1 Å². The van der Waals surface area contributed by atoms with E-state index in [-0.39, 0.29) is 29.0 Å². The molecule has 6 rings (SSSR count). The second-order valence-corrected chi connectivity index (χ2v) is 13.2. The number of carboxylic acid groups (broad SMARTS) is 1. The topological polar surface area (TPSA) is 118 Å². The van der Waals surface area contributed by atoms with Crippen LogP contribution in [0, 0.1) is 19.7 Å². The second-order valence-electron chi connectivity index (χ2n) is 13.2. The van der Waals surface area contributed by atoms with Crippen LogP contribution in [-0.4, -0.2) is 67.8 Å². The molecular weight excluding hydrogens is 589 g/mol. The van der Waals surface area contributed by atoms with Gasteiger partial charge in [-0.05, 0) is 71.1 Å². The molecule has 2 atom stereocenters. The van der Waals surface area contributed by atoms with Crippen LogP contribution in [0.5, 0.6) is 5.75 Å². The molecule has 1 saturated heterocycles. The molecule has 46 heavy (non-hydrogen) atoms. The molecule has 2 aromatic heterocycles. The molecule has 10 nitrogen and oxygen atoms in total. The first-order valence-corrected chi connectivity index (χ1v) is 15.7. The Kier molecular flexibility index (Phi) is 8.56. The molecule has 2 aliphatic heterocycles. The van der Waals surface area contributed by atoms with E-state index >= 15 is 4.39 Å². The molecule has 0 aliphatic carbocycles. The van der Waals surface area contributed by atoms with Gasteiger partial charge in [-0.1, -0.05) is 30.3 Å². The average Bonchev–Trinajstić information content (AvgIpc) is 3.64. The molecule has 2 N–H and O–H groups in total. The third-order valence-corrected chi connectivity index (χ3v) is 8.57. The Morgan fingerprint density at radius 3 is 2.67 bits per heavy atom. The number of rotatable bonds is 8. The molecule has 11 heteroatoms. The Bertz CT molecular complexity index is 1800. The molecule has 2 aromatic carbocycles. The monoisotopic (exact) mass is 629 g/mol. The lowest BCUT2D eigenvalue weighted by molar-refractivity contribution is -0.160. The number of fused-ring (bicyclic) bond motifs is 2. The molecule has 2 aliphatic rings. The molecule has 1 amide bonds. The van der Waals surface area contributed by atoms with Gasteiger partial charge in [0.2, 0.25) is 0 Å². The number of carbonyl (C=O) groups excluding carboxylic acids is 1. The minimum absolute atomic E-state index is 0.0562. The van der Waals surface area contributed by atoms with Gasteiger partial charge in [0.15, 0.2) is 29.0 Å². The van der Waals surface area contributed by atoms with Crippen molar-refractivity contribution in [1.82, 2.24) is 24.8 Å². The van der Waals surface area contributed by atoms with E-state index in [9.17, 15) is 14.7 Å². The Labute approximate surface area is 267 Å². The number of amides is 1. The SMILES string of the molecule is Cc1nc2cc(C(=O)NC3CCN(Cc4ccccc4)C3)nn2c(-c2cc(F)c3c(c2C)CCCO3)c1[C@H](OC(C)(C)C)C(=O)O. The number of benzene rings is 2. The van der Waals surface area contributed by atoms with Crippen LogP contribution in [-0.2, 0) is 22.5 Å². The van der Waals surface area contributed by atoms with Crippen LogP contribution in [0.1, 0.15) is 78.2 Å². The third kappa shape index (κ3) is 6.34. The average molecular weight is 630 g/mol. The van der Waals surface area contributed by atoms with Crippen molar-refractivity contribution in [3.05, 3.63) is 81.9 Å². The maximum absolute atomic E-state index is 15.6. The standard InChI is InChI=1S/C35H40FN5O5/c1-20-24-12-9-15-45-31(24)26(36)16-25(20)30-29(32(34(43)44)46-35(3,4)5)21(2)37-28-17-27(39-41(28)30)33(42)38-23-13-14-40(19-23)18-22-10-7-6-8-11-22/h6-8,10-11,16-17,23,32H,9,12-15,18-19H2,1-5H3,(H,38,42)(H,43,44)/t23?,32-/m0/s1. The number of carboxylic acids is 1. The van der Waals surface area contributed by atoms with Gasteiger partial charge < -0.3 is 19.9 Å². The van der Waals surface area contributed by atoms with Gasteiger partial charge in [0, 0.05) is 54.1 Å². The second kappa shape index (κ2) is 12.4. The summed E-state index contributed by atoms with van der Waals surface area (Å²) in [6, 6.07) is 13.1. The van der Waals surface area contributed by atoms with E-state index in [1.807, 2.05) is 25.1 Å². The van der Waals surface area contributed by atoms with Crippen LogP contribution < -0.4 is 10.1 Å². The van der Waals surface area contributed by atoms with Crippen molar-refractivity contribution in [2.75, 3.05) is 19.7 Å². The van der Waals surface area contributed by atoms with Crippen molar-refractivity contribution < 1.29 is 28.6 Å². The number of hydrogen-bond acceptors (Lipinski definition) is 7.